The molecule has 1 heterocycles. The second kappa shape index (κ2) is 7.66. The van der Waals surface area contributed by atoms with Crippen LogP contribution in [0.15, 0.2) is 30.3 Å². The Balaban J connectivity index is 1.64. The summed E-state index contributed by atoms with van der Waals surface area (Å²) in [5.41, 5.74) is 1.45. The lowest BCUT2D eigenvalue weighted by Gasteiger charge is -2.24. The topological polar surface area (TPSA) is 15.3 Å². The summed E-state index contributed by atoms with van der Waals surface area (Å²) in [5.74, 6) is 0. The first kappa shape index (κ1) is 14.5. The zero-order valence-electron chi connectivity index (χ0n) is 12.4. The minimum absolute atomic E-state index is 0.595. The minimum atomic E-state index is 0.595. The van der Waals surface area contributed by atoms with Crippen LogP contribution in [0.4, 0.5) is 0 Å². The monoisotopic (exact) mass is 260 g/mol. The largest absolute Gasteiger partial charge is 0.310 e. The zero-order chi connectivity index (χ0) is 13.5. The van der Waals surface area contributed by atoms with Gasteiger partial charge in [-0.3, -0.25) is 0 Å². The van der Waals surface area contributed by atoms with Crippen LogP contribution >= 0.6 is 0 Å². The summed E-state index contributed by atoms with van der Waals surface area (Å²) in [6, 6.07) is 12.0. The van der Waals surface area contributed by atoms with E-state index >= 15 is 0 Å². The molecule has 0 saturated carbocycles. The van der Waals surface area contributed by atoms with Crippen molar-refractivity contribution in [1.29, 1.82) is 0 Å². The first-order valence-electron chi connectivity index (χ1n) is 7.76. The molecule has 1 aliphatic rings. The molecule has 0 bridgehead atoms. The van der Waals surface area contributed by atoms with E-state index < -0.39 is 0 Å². The molecule has 19 heavy (non-hydrogen) atoms. The van der Waals surface area contributed by atoms with Crippen LogP contribution in [0, 0.1) is 0 Å². The molecule has 1 aromatic rings. The fourth-order valence-corrected chi connectivity index (χ4v) is 3.00. The molecule has 0 spiro atoms. The average Bonchev–Trinajstić information content (AvgIpc) is 2.90. The maximum Gasteiger partial charge on any atom is 0.0169 e. The molecule has 2 unspecified atom stereocenters. The van der Waals surface area contributed by atoms with Gasteiger partial charge in [0.25, 0.3) is 0 Å². The lowest BCUT2D eigenvalue weighted by atomic mass is 10.1. The predicted molar refractivity (Wildman–Crippen MR) is 82.5 cm³/mol. The summed E-state index contributed by atoms with van der Waals surface area (Å²) >= 11 is 0. The van der Waals surface area contributed by atoms with Crippen molar-refractivity contribution in [3.05, 3.63) is 35.9 Å². The zero-order valence-corrected chi connectivity index (χ0v) is 12.4. The quantitative estimate of drug-likeness (QED) is 0.810. The van der Waals surface area contributed by atoms with Crippen molar-refractivity contribution in [2.75, 3.05) is 19.6 Å². The van der Waals surface area contributed by atoms with Gasteiger partial charge in [-0.05, 0) is 58.2 Å². The number of nitrogens with one attached hydrogen (secondary N) is 1. The molecule has 0 radical (unpaired) electrons. The third kappa shape index (κ3) is 5.33. The molecular weight excluding hydrogens is 232 g/mol. The Hall–Kier alpha value is -0.860. The Bertz CT molecular complexity index is 344. The SMILES string of the molecule is CC(CCc1ccccc1)NC(C)CN1CCCC1. The third-order valence-corrected chi connectivity index (χ3v) is 4.01. The van der Waals surface area contributed by atoms with Crippen LogP contribution in [0.25, 0.3) is 0 Å². The second-order valence-corrected chi connectivity index (χ2v) is 6.00. The first-order valence-corrected chi connectivity index (χ1v) is 7.76. The maximum absolute atomic E-state index is 3.74. The highest BCUT2D eigenvalue weighted by Gasteiger charge is 2.15. The van der Waals surface area contributed by atoms with Gasteiger partial charge >= 0.3 is 0 Å². The summed E-state index contributed by atoms with van der Waals surface area (Å²) in [4.78, 5) is 2.58. The van der Waals surface area contributed by atoms with Crippen molar-refractivity contribution in [1.82, 2.24) is 10.2 Å². The number of hydrogen-bond donors (Lipinski definition) is 1. The van der Waals surface area contributed by atoms with Gasteiger partial charge in [-0.1, -0.05) is 30.3 Å². The van der Waals surface area contributed by atoms with E-state index in [0.29, 0.717) is 12.1 Å². The second-order valence-electron chi connectivity index (χ2n) is 6.00. The van der Waals surface area contributed by atoms with E-state index in [1.165, 1.54) is 50.9 Å². The van der Waals surface area contributed by atoms with E-state index in [9.17, 15) is 0 Å². The van der Waals surface area contributed by atoms with Crippen molar-refractivity contribution >= 4 is 0 Å². The number of aryl methyl sites for hydroxylation is 1. The Labute approximate surface area is 118 Å². The van der Waals surface area contributed by atoms with E-state index in [-0.39, 0.29) is 0 Å². The molecular formula is C17H28N2. The molecule has 2 rings (SSSR count). The van der Waals surface area contributed by atoms with E-state index in [1.807, 2.05) is 0 Å². The number of hydrogen-bond acceptors (Lipinski definition) is 2. The van der Waals surface area contributed by atoms with Crippen LogP contribution in [0.5, 0.6) is 0 Å². The molecule has 0 amide bonds. The van der Waals surface area contributed by atoms with Gasteiger partial charge in [0, 0.05) is 18.6 Å². The Morgan fingerprint density at radius 3 is 2.42 bits per heavy atom. The smallest absolute Gasteiger partial charge is 0.0169 e. The highest BCUT2D eigenvalue weighted by atomic mass is 15.2. The Kier molecular flexibility index (Phi) is 5.87. The van der Waals surface area contributed by atoms with Crippen LogP contribution in [0.2, 0.25) is 0 Å². The van der Waals surface area contributed by atoms with Crippen molar-refractivity contribution in [3.63, 3.8) is 0 Å². The third-order valence-electron chi connectivity index (χ3n) is 4.01. The van der Waals surface area contributed by atoms with Gasteiger partial charge in [-0.2, -0.15) is 0 Å². The van der Waals surface area contributed by atoms with E-state index in [4.69, 9.17) is 0 Å². The number of nitrogens with zero attached hydrogens (tertiary/aromatic N) is 1. The van der Waals surface area contributed by atoms with Crippen LogP contribution in [-0.2, 0) is 6.42 Å². The molecule has 0 aliphatic carbocycles. The van der Waals surface area contributed by atoms with E-state index in [0.717, 1.165) is 0 Å². The summed E-state index contributed by atoms with van der Waals surface area (Å²) in [7, 11) is 0. The normalized spacial score (nSPS) is 19.5. The Morgan fingerprint density at radius 1 is 1.05 bits per heavy atom. The maximum atomic E-state index is 3.74. The molecule has 1 aromatic carbocycles. The molecule has 1 N–H and O–H groups in total. The lowest BCUT2D eigenvalue weighted by Crippen LogP contribution is -2.42. The van der Waals surface area contributed by atoms with E-state index in [2.05, 4.69) is 54.4 Å². The summed E-state index contributed by atoms with van der Waals surface area (Å²) in [6.07, 6.45) is 5.16. The molecule has 1 aliphatic heterocycles. The number of rotatable bonds is 7. The van der Waals surface area contributed by atoms with Crippen molar-refractivity contribution < 1.29 is 0 Å². The van der Waals surface area contributed by atoms with Crippen LogP contribution in [-0.4, -0.2) is 36.6 Å². The van der Waals surface area contributed by atoms with Crippen molar-refractivity contribution in [2.45, 2.75) is 51.6 Å². The molecule has 0 aromatic heterocycles. The minimum Gasteiger partial charge on any atom is -0.310 e. The molecule has 106 valence electrons. The highest BCUT2D eigenvalue weighted by molar-refractivity contribution is 5.14. The molecule has 1 fully saturated rings. The predicted octanol–water partition coefficient (Wildman–Crippen LogP) is 3.08. The van der Waals surface area contributed by atoms with Gasteiger partial charge in [0.1, 0.15) is 0 Å². The highest BCUT2D eigenvalue weighted by Crippen LogP contribution is 2.09. The van der Waals surface area contributed by atoms with Crippen LogP contribution in [0.3, 0.4) is 0 Å². The summed E-state index contributed by atoms with van der Waals surface area (Å²) < 4.78 is 0. The molecule has 2 atom stereocenters. The number of benzene rings is 1. The summed E-state index contributed by atoms with van der Waals surface area (Å²) in [5, 5.41) is 3.74. The molecule has 2 heteroatoms. The van der Waals surface area contributed by atoms with Crippen molar-refractivity contribution in [3.8, 4) is 0 Å². The van der Waals surface area contributed by atoms with Gasteiger partial charge < -0.3 is 10.2 Å². The first-order chi connectivity index (χ1) is 9.24. The molecule has 2 nitrogen and oxygen atoms in total. The van der Waals surface area contributed by atoms with Gasteiger partial charge in [0.05, 0.1) is 0 Å². The van der Waals surface area contributed by atoms with Gasteiger partial charge in [-0.25, -0.2) is 0 Å². The van der Waals surface area contributed by atoms with Crippen LogP contribution in [0.1, 0.15) is 38.7 Å². The fourth-order valence-electron chi connectivity index (χ4n) is 3.00. The van der Waals surface area contributed by atoms with Crippen molar-refractivity contribution in [2.24, 2.45) is 0 Å². The van der Waals surface area contributed by atoms with Crippen LogP contribution < -0.4 is 5.32 Å². The van der Waals surface area contributed by atoms with Gasteiger partial charge in [-0.15, -0.1) is 0 Å². The lowest BCUT2D eigenvalue weighted by molar-refractivity contribution is 0.286. The molecule has 1 saturated heterocycles. The average molecular weight is 260 g/mol. The summed E-state index contributed by atoms with van der Waals surface area (Å²) in [6.45, 7) is 8.42. The van der Waals surface area contributed by atoms with Gasteiger partial charge in [0.15, 0.2) is 0 Å². The van der Waals surface area contributed by atoms with Gasteiger partial charge in [0.2, 0.25) is 0 Å². The standard InChI is InChI=1S/C17H28N2/c1-15(10-11-17-8-4-3-5-9-17)18-16(2)14-19-12-6-7-13-19/h3-5,8-9,15-16,18H,6-7,10-14H2,1-2H3. The fraction of sp³-hybridized carbons (Fsp3) is 0.647. The Morgan fingerprint density at radius 2 is 1.74 bits per heavy atom. The number of likely N-dealkylation sites (tertiary alicyclic amines) is 1. The van der Waals surface area contributed by atoms with E-state index in [1.54, 1.807) is 0 Å².